The number of pyridine rings is 1. The van der Waals surface area contributed by atoms with E-state index in [1.807, 2.05) is 0 Å². The van der Waals surface area contributed by atoms with E-state index in [1.54, 1.807) is 12.3 Å². The summed E-state index contributed by atoms with van der Waals surface area (Å²) in [6, 6.07) is 1.73. The van der Waals surface area contributed by atoms with Gasteiger partial charge < -0.3 is 5.32 Å². The standard InChI is InChI=1S/C14H23FN2/c1-5-7-17-13(14(3,4)6-2)11-8-12(15)10-16-9-11/h8-10,13,17H,5-7H2,1-4H3. The van der Waals surface area contributed by atoms with Crippen molar-refractivity contribution in [3.63, 3.8) is 0 Å². The topological polar surface area (TPSA) is 24.9 Å². The zero-order chi connectivity index (χ0) is 12.9. The molecule has 2 nitrogen and oxygen atoms in total. The molecule has 0 amide bonds. The lowest BCUT2D eigenvalue weighted by Crippen LogP contribution is -2.34. The molecule has 1 N–H and O–H groups in total. The summed E-state index contributed by atoms with van der Waals surface area (Å²) in [4.78, 5) is 3.95. The van der Waals surface area contributed by atoms with Crippen LogP contribution < -0.4 is 5.32 Å². The van der Waals surface area contributed by atoms with Crippen LogP contribution in [-0.2, 0) is 0 Å². The van der Waals surface area contributed by atoms with Crippen LogP contribution in [0.1, 0.15) is 52.1 Å². The molecular formula is C14H23FN2. The molecule has 0 aromatic carbocycles. The third-order valence-corrected chi connectivity index (χ3v) is 3.35. The fraction of sp³-hybridized carbons (Fsp3) is 0.643. The molecule has 1 unspecified atom stereocenters. The van der Waals surface area contributed by atoms with E-state index in [1.165, 1.54) is 6.20 Å². The molecule has 1 atom stereocenters. The van der Waals surface area contributed by atoms with Gasteiger partial charge in [0.15, 0.2) is 0 Å². The maximum absolute atomic E-state index is 13.3. The molecule has 0 aliphatic heterocycles. The summed E-state index contributed by atoms with van der Waals surface area (Å²) < 4.78 is 13.3. The van der Waals surface area contributed by atoms with Crippen LogP contribution in [-0.4, -0.2) is 11.5 Å². The zero-order valence-corrected chi connectivity index (χ0v) is 11.3. The van der Waals surface area contributed by atoms with Gasteiger partial charge in [-0.2, -0.15) is 0 Å². The highest BCUT2D eigenvalue weighted by Crippen LogP contribution is 2.36. The fourth-order valence-electron chi connectivity index (χ4n) is 1.92. The van der Waals surface area contributed by atoms with E-state index in [4.69, 9.17) is 0 Å². The van der Waals surface area contributed by atoms with E-state index in [2.05, 4.69) is 38.0 Å². The van der Waals surface area contributed by atoms with Gasteiger partial charge in [0.25, 0.3) is 0 Å². The van der Waals surface area contributed by atoms with Gasteiger partial charge in [0.2, 0.25) is 0 Å². The zero-order valence-electron chi connectivity index (χ0n) is 11.3. The van der Waals surface area contributed by atoms with Gasteiger partial charge in [-0.3, -0.25) is 4.98 Å². The average Bonchev–Trinajstić information content (AvgIpc) is 2.29. The van der Waals surface area contributed by atoms with E-state index in [9.17, 15) is 4.39 Å². The average molecular weight is 238 g/mol. The highest BCUT2D eigenvalue weighted by atomic mass is 19.1. The summed E-state index contributed by atoms with van der Waals surface area (Å²) in [6.45, 7) is 9.63. The van der Waals surface area contributed by atoms with Gasteiger partial charge in [-0.15, -0.1) is 0 Å². The highest BCUT2D eigenvalue weighted by molar-refractivity contribution is 5.17. The predicted octanol–water partition coefficient (Wildman–Crippen LogP) is 3.70. The molecule has 3 heteroatoms. The molecule has 0 saturated heterocycles. The second-order valence-corrected chi connectivity index (χ2v) is 5.17. The molecule has 0 spiro atoms. The van der Waals surface area contributed by atoms with Crippen molar-refractivity contribution in [3.8, 4) is 0 Å². The second kappa shape index (κ2) is 6.10. The SMILES string of the molecule is CCCNC(c1cncc(F)c1)C(C)(C)CC. The summed E-state index contributed by atoms with van der Waals surface area (Å²) in [6.07, 6.45) is 5.11. The molecule has 1 aromatic rings. The van der Waals surface area contributed by atoms with Crippen molar-refractivity contribution in [2.45, 2.75) is 46.6 Å². The van der Waals surface area contributed by atoms with E-state index >= 15 is 0 Å². The number of halogens is 1. The Morgan fingerprint density at radius 3 is 2.59 bits per heavy atom. The predicted molar refractivity (Wildman–Crippen MR) is 69.3 cm³/mol. The first-order valence-electron chi connectivity index (χ1n) is 6.35. The third-order valence-electron chi connectivity index (χ3n) is 3.35. The second-order valence-electron chi connectivity index (χ2n) is 5.17. The molecule has 0 aliphatic rings. The van der Waals surface area contributed by atoms with Crippen molar-refractivity contribution in [3.05, 3.63) is 29.8 Å². The first kappa shape index (κ1) is 14.1. The van der Waals surface area contributed by atoms with E-state index in [0.717, 1.165) is 24.9 Å². The lowest BCUT2D eigenvalue weighted by molar-refractivity contribution is 0.234. The number of hydrogen-bond donors (Lipinski definition) is 1. The largest absolute Gasteiger partial charge is 0.309 e. The molecule has 0 fully saturated rings. The van der Waals surface area contributed by atoms with E-state index in [-0.39, 0.29) is 17.3 Å². The van der Waals surface area contributed by atoms with Crippen LogP contribution in [0, 0.1) is 11.2 Å². The van der Waals surface area contributed by atoms with Crippen molar-refractivity contribution in [1.29, 1.82) is 0 Å². The van der Waals surface area contributed by atoms with E-state index < -0.39 is 0 Å². The van der Waals surface area contributed by atoms with Crippen molar-refractivity contribution in [1.82, 2.24) is 10.3 Å². The summed E-state index contributed by atoms with van der Waals surface area (Å²) in [5.41, 5.74) is 1.02. The van der Waals surface area contributed by atoms with Gasteiger partial charge in [-0.1, -0.05) is 27.7 Å². The Labute approximate surface area is 104 Å². The molecular weight excluding hydrogens is 215 g/mol. The maximum atomic E-state index is 13.3. The summed E-state index contributed by atoms with van der Waals surface area (Å²) in [5.74, 6) is -0.266. The van der Waals surface area contributed by atoms with Crippen LogP contribution in [0.15, 0.2) is 18.5 Å². The van der Waals surface area contributed by atoms with Gasteiger partial charge in [0.1, 0.15) is 5.82 Å². The quantitative estimate of drug-likeness (QED) is 0.817. The van der Waals surface area contributed by atoms with Gasteiger partial charge in [0, 0.05) is 12.2 Å². The van der Waals surface area contributed by atoms with Gasteiger partial charge in [-0.25, -0.2) is 4.39 Å². The van der Waals surface area contributed by atoms with Gasteiger partial charge in [-0.05, 0) is 36.4 Å². The molecule has 0 saturated carbocycles. The number of rotatable bonds is 6. The van der Waals surface area contributed by atoms with E-state index in [0.29, 0.717) is 0 Å². The van der Waals surface area contributed by atoms with Gasteiger partial charge in [0.05, 0.1) is 6.20 Å². The molecule has 1 heterocycles. The Balaban J connectivity index is 2.97. The Kier molecular flexibility index (Phi) is 5.06. The first-order valence-corrected chi connectivity index (χ1v) is 6.35. The fourth-order valence-corrected chi connectivity index (χ4v) is 1.92. The van der Waals surface area contributed by atoms with Crippen LogP contribution in [0.4, 0.5) is 4.39 Å². The first-order chi connectivity index (χ1) is 8.01. The van der Waals surface area contributed by atoms with Crippen LogP contribution in [0.3, 0.4) is 0 Å². The molecule has 0 aliphatic carbocycles. The van der Waals surface area contributed by atoms with Crippen molar-refractivity contribution in [2.75, 3.05) is 6.54 Å². The van der Waals surface area contributed by atoms with Crippen LogP contribution >= 0.6 is 0 Å². The molecule has 0 bridgehead atoms. The van der Waals surface area contributed by atoms with Gasteiger partial charge >= 0.3 is 0 Å². The molecule has 1 rings (SSSR count). The lowest BCUT2D eigenvalue weighted by Gasteiger charge is -2.34. The minimum Gasteiger partial charge on any atom is -0.309 e. The Hall–Kier alpha value is -0.960. The summed E-state index contributed by atoms with van der Waals surface area (Å²) >= 11 is 0. The third kappa shape index (κ3) is 3.77. The molecule has 17 heavy (non-hydrogen) atoms. The summed E-state index contributed by atoms with van der Waals surface area (Å²) in [5, 5.41) is 3.50. The Morgan fingerprint density at radius 2 is 2.06 bits per heavy atom. The lowest BCUT2D eigenvalue weighted by atomic mass is 9.78. The highest BCUT2D eigenvalue weighted by Gasteiger charge is 2.28. The minimum atomic E-state index is -0.266. The van der Waals surface area contributed by atoms with Crippen molar-refractivity contribution in [2.24, 2.45) is 5.41 Å². The maximum Gasteiger partial charge on any atom is 0.141 e. The van der Waals surface area contributed by atoms with Crippen LogP contribution in [0.5, 0.6) is 0 Å². The molecule has 0 radical (unpaired) electrons. The number of nitrogens with zero attached hydrogens (tertiary/aromatic N) is 1. The van der Waals surface area contributed by atoms with Crippen LogP contribution in [0.25, 0.3) is 0 Å². The summed E-state index contributed by atoms with van der Waals surface area (Å²) in [7, 11) is 0. The number of hydrogen-bond acceptors (Lipinski definition) is 2. The van der Waals surface area contributed by atoms with Crippen molar-refractivity contribution >= 4 is 0 Å². The number of nitrogens with one attached hydrogen (secondary N) is 1. The minimum absolute atomic E-state index is 0.0879. The smallest absolute Gasteiger partial charge is 0.141 e. The molecule has 96 valence electrons. The number of aromatic nitrogens is 1. The Morgan fingerprint density at radius 1 is 1.35 bits per heavy atom. The molecule has 1 aromatic heterocycles. The van der Waals surface area contributed by atoms with Crippen molar-refractivity contribution < 1.29 is 4.39 Å². The normalized spacial score (nSPS) is 13.7. The monoisotopic (exact) mass is 238 g/mol. The Bertz CT molecular complexity index is 350. The van der Waals surface area contributed by atoms with Crippen LogP contribution in [0.2, 0.25) is 0 Å².